The lowest BCUT2D eigenvalue weighted by atomic mass is 10.1. The Balaban J connectivity index is 1.84. The first-order valence-electron chi connectivity index (χ1n) is 6.87. The number of aryl methyl sites for hydroxylation is 2. The van der Waals surface area contributed by atoms with Gasteiger partial charge in [0, 0.05) is 23.3 Å². The van der Waals surface area contributed by atoms with E-state index in [4.69, 9.17) is 21.1 Å². The second kappa shape index (κ2) is 7.23. The van der Waals surface area contributed by atoms with Crippen LogP contribution in [0.5, 0.6) is 11.5 Å². The summed E-state index contributed by atoms with van der Waals surface area (Å²) in [5, 5.41) is 4.10. The van der Waals surface area contributed by atoms with Gasteiger partial charge in [-0.3, -0.25) is 0 Å². The van der Waals surface area contributed by atoms with Crippen molar-refractivity contribution in [2.75, 3.05) is 25.6 Å². The Kier molecular flexibility index (Phi) is 5.34. The van der Waals surface area contributed by atoms with E-state index in [2.05, 4.69) is 5.32 Å². The summed E-state index contributed by atoms with van der Waals surface area (Å²) in [6.07, 6.45) is 0. The lowest BCUT2D eigenvalue weighted by molar-refractivity contribution is 0.332. The number of halogens is 1. The molecule has 1 N–H and O–H groups in total. The van der Waals surface area contributed by atoms with Crippen molar-refractivity contribution in [2.24, 2.45) is 0 Å². The predicted octanol–water partition coefficient (Wildman–Crippen LogP) is 4.46. The first-order chi connectivity index (χ1) is 10.1. The maximum Gasteiger partial charge on any atom is 0.120 e. The predicted molar refractivity (Wildman–Crippen MR) is 87.9 cm³/mol. The van der Waals surface area contributed by atoms with Crippen LogP contribution in [0.1, 0.15) is 11.1 Å². The molecule has 0 fully saturated rings. The zero-order valence-electron chi connectivity index (χ0n) is 12.6. The van der Waals surface area contributed by atoms with E-state index in [1.165, 1.54) is 0 Å². The maximum absolute atomic E-state index is 6.14. The number of hydrogen-bond acceptors (Lipinski definition) is 3. The fraction of sp³-hybridized carbons (Fsp3) is 0.294. The van der Waals surface area contributed by atoms with Gasteiger partial charge in [-0.1, -0.05) is 17.7 Å². The molecular formula is C17H20ClNO2. The Bertz CT molecular complexity index is 590. The van der Waals surface area contributed by atoms with Crippen LogP contribution in [-0.4, -0.2) is 20.3 Å². The van der Waals surface area contributed by atoms with Crippen molar-refractivity contribution < 1.29 is 9.47 Å². The van der Waals surface area contributed by atoms with Crippen LogP contribution in [0, 0.1) is 13.8 Å². The smallest absolute Gasteiger partial charge is 0.120 e. The van der Waals surface area contributed by atoms with Gasteiger partial charge in [0.25, 0.3) is 0 Å². The minimum absolute atomic E-state index is 0.581. The second-order valence-corrected chi connectivity index (χ2v) is 5.26. The third-order valence-corrected chi connectivity index (χ3v) is 3.78. The molecule has 0 heterocycles. The Morgan fingerprint density at radius 2 is 1.76 bits per heavy atom. The van der Waals surface area contributed by atoms with Gasteiger partial charge in [-0.05, 0) is 49.2 Å². The van der Waals surface area contributed by atoms with E-state index in [1.807, 2.05) is 50.2 Å². The molecule has 112 valence electrons. The lowest BCUT2D eigenvalue weighted by Gasteiger charge is -2.11. The van der Waals surface area contributed by atoms with Crippen LogP contribution in [0.25, 0.3) is 0 Å². The van der Waals surface area contributed by atoms with Crippen molar-refractivity contribution in [3.63, 3.8) is 0 Å². The summed E-state index contributed by atoms with van der Waals surface area (Å²) in [5.41, 5.74) is 3.08. The molecule has 2 rings (SSSR count). The van der Waals surface area contributed by atoms with Gasteiger partial charge in [-0.2, -0.15) is 0 Å². The number of nitrogens with one attached hydrogen (secondary N) is 1. The van der Waals surface area contributed by atoms with E-state index in [0.717, 1.165) is 33.3 Å². The van der Waals surface area contributed by atoms with Crippen LogP contribution in [0.15, 0.2) is 36.4 Å². The van der Waals surface area contributed by atoms with Crippen LogP contribution >= 0.6 is 11.6 Å². The van der Waals surface area contributed by atoms with Crippen LogP contribution in [0.2, 0.25) is 5.02 Å². The van der Waals surface area contributed by atoms with Gasteiger partial charge in [0.05, 0.1) is 7.11 Å². The molecule has 0 aliphatic rings. The summed E-state index contributed by atoms with van der Waals surface area (Å²) in [5.74, 6) is 1.69. The highest BCUT2D eigenvalue weighted by Gasteiger charge is 2.03. The minimum atomic E-state index is 0.581. The molecule has 4 heteroatoms. The first kappa shape index (κ1) is 15.5. The van der Waals surface area contributed by atoms with E-state index in [-0.39, 0.29) is 0 Å². The summed E-state index contributed by atoms with van der Waals surface area (Å²) in [6.45, 7) is 5.26. The summed E-state index contributed by atoms with van der Waals surface area (Å²) in [4.78, 5) is 0. The molecule has 3 nitrogen and oxygen atoms in total. The quantitative estimate of drug-likeness (QED) is 0.799. The standard InChI is InChI=1S/C17H20ClNO2/c1-12-9-16(10-13(2)17(12)18)21-8-7-19-14-5-4-6-15(11-14)20-3/h4-6,9-11,19H,7-8H2,1-3H3. The Morgan fingerprint density at radius 3 is 2.43 bits per heavy atom. The SMILES string of the molecule is COc1cccc(NCCOc2cc(C)c(Cl)c(C)c2)c1. The van der Waals surface area contributed by atoms with Crippen LogP contribution in [-0.2, 0) is 0 Å². The van der Waals surface area contributed by atoms with Crippen LogP contribution in [0.4, 0.5) is 5.69 Å². The molecule has 0 aliphatic heterocycles. The van der Waals surface area contributed by atoms with E-state index >= 15 is 0 Å². The third kappa shape index (κ3) is 4.30. The van der Waals surface area contributed by atoms with Crippen molar-refractivity contribution in [3.8, 4) is 11.5 Å². The normalized spacial score (nSPS) is 10.3. The van der Waals surface area contributed by atoms with Crippen molar-refractivity contribution in [2.45, 2.75) is 13.8 Å². The maximum atomic E-state index is 6.14. The van der Waals surface area contributed by atoms with Gasteiger partial charge in [-0.25, -0.2) is 0 Å². The monoisotopic (exact) mass is 305 g/mol. The van der Waals surface area contributed by atoms with Crippen LogP contribution < -0.4 is 14.8 Å². The molecule has 0 amide bonds. The molecule has 0 unspecified atom stereocenters. The van der Waals surface area contributed by atoms with Crippen LogP contribution in [0.3, 0.4) is 0 Å². The fourth-order valence-corrected chi connectivity index (χ4v) is 2.20. The molecule has 0 bridgehead atoms. The van der Waals surface area contributed by atoms with E-state index in [1.54, 1.807) is 7.11 Å². The molecule has 21 heavy (non-hydrogen) atoms. The molecule has 0 aromatic heterocycles. The highest BCUT2D eigenvalue weighted by molar-refractivity contribution is 6.32. The molecule has 0 spiro atoms. The van der Waals surface area contributed by atoms with Crippen molar-refractivity contribution in [1.82, 2.24) is 0 Å². The molecule has 0 saturated carbocycles. The Hall–Kier alpha value is -1.87. The highest BCUT2D eigenvalue weighted by atomic mass is 35.5. The minimum Gasteiger partial charge on any atom is -0.497 e. The fourth-order valence-electron chi connectivity index (χ4n) is 2.09. The lowest BCUT2D eigenvalue weighted by Crippen LogP contribution is -2.11. The highest BCUT2D eigenvalue weighted by Crippen LogP contribution is 2.25. The molecule has 0 atom stereocenters. The van der Waals surface area contributed by atoms with Crippen molar-refractivity contribution in [3.05, 3.63) is 52.5 Å². The number of methoxy groups -OCH3 is 1. The Labute approximate surface area is 130 Å². The third-order valence-electron chi connectivity index (χ3n) is 3.18. The number of anilines is 1. The summed E-state index contributed by atoms with van der Waals surface area (Å²) in [6, 6.07) is 11.7. The first-order valence-corrected chi connectivity index (χ1v) is 7.25. The number of hydrogen-bond donors (Lipinski definition) is 1. The molecule has 0 radical (unpaired) electrons. The van der Waals surface area contributed by atoms with E-state index in [9.17, 15) is 0 Å². The molecular weight excluding hydrogens is 286 g/mol. The number of ether oxygens (including phenoxy) is 2. The van der Waals surface area contributed by atoms with Crippen molar-refractivity contribution >= 4 is 17.3 Å². The largest absolute Gasteiger partial charge is 0.497 e. The van der Waals surface area contributed by atoms with Gasteiger partial charge < -0.3 is 14.8 Å². The Morgan fingerprint density at radius 1 is 1.05 bits per heavy atom. The number of benzene rings is 2. The molecule has 0 aliphatic carbocycles. The van der Waals surface area contributed by atoms with Gasteiger partial charge in [-0.15, -0.1) is 0 Å². The summed E-state index contributed by atoms with van der Waals surface area (Å²) in [7, 11) is 1.66. The summed E-state index contributed by atoms with van der Waals surface area (Å²) >= 11 is 6.14. The van der Waals surface area contributed by atoms with Gasteiger partial charge in [0.1, 0.15) is 18.1 Å². The topological polar surface area (TPSA) is 30.5 Å². The zero-order valence-corrected chi connectivity index (χ0v) is 13.3. The van der Waals surface area contributed by atoms with Crippen molar-refractivity contribution in [1.29, 1.82) is 0 Å². The summed E-state index contributed by atoms with van der Waals surface area (Å²) < 4.78 is 10.9. The second-order valence-electron chi connectivity index (χ2n) is 4.88. The molecule has 2 aromatic carbocycles. The zero-order chi connectivity index (χ0) is 15.2. The average molecular weight is 306 g/mol. The molecule has 0 saturated heterocycles. The molecule has 2 aromatic rings. The average Bonchev–Trinajstić information content (AvgIpc) is 2.49. The van der Waals surface area contributed by atoms with Gasteiger partial charge in [0.15, 0.2) is 0 Å². The number of rotatable bonds is 6. The van der Waals surface area contributed by atoms with Gasteiger partial charge in [0.2, 0.25) is 0 Å². The van der Waals surface area contributed by atoms with E-state index < -0.39 is 0 Å². The van der Waals surface area contributed by atoms with Gasteiger partial charge >= 0.3 is 0 Å². The van der Waals surface area contributed by atoms with E-state index in [0.29, 0.717) is 13.2 Å².